The van der Waals surface area contributed by atoms with Gasteiger partial charge in [-0.05, 0) is 32.5 Å². The summed E-state index contributed by atoms with van der Waals surface area (Å²) in [7, 11) is 1.85. The first-order chi connectivity index (χ1) is 9.15. The Kier molecular flexibility index (Phi) is 5.91. The Morgan fingerprint density at radius 1 is 1.50 bits per heavy atom. The predicted molar refractivity (Wildman–Crippen MR) is 79.6 cm³/mol. The number of halogens is 1. The Morgan fingerprint density at radius 2 is 2.25 bits per heavy atom. The number of carbonyl (C=O) groups is 1. The summed E-state index contributed by atoms with van der Waals surface area (Å²) >= 11 is 0. The van der Waals surface area contributed by atoms with Gasteiger partial charge in [-0.15, -0.1) is 12.4 Å². The van der Waals surface area contributed by atoms with E-state index in [4.69, 9.17) is 0 Å². The van der Waals surface area contributed by atoms with Crippen molar-refractivity contribution in [2.45, 2.75) is 19.3 Å². The van der Waals surface area contributed by atoms with Crippen molar-refractivity contribution in [1.82, 2.24) is 5.32 Å². The molecule has 0 aliphatic carbocycles. The molecule has 0 unspecified atom stereocenters. The molecule has 1 heterocycles. The lowest BCUT2D eigenvalue weighted by molar-refractivity contribution is -0.385. The maximum Gasteiger partial charge on any atom is 0.274 e. The zero-order valence-electron chi connectivity index (χ0n) is 11.3. The fourth-order valence-electron chi connectivity index (χ4n) is 2.40. The van der Waals surface area contributed by atoms with Crippen molar-refractivity contribution in [1.29, 1.82) is 0 Å². The largest absolute Gasteiger partial charge is 0.320 e. The van der Waals surface area contributed by atoms with Gasteiger partial charge in [-0.3, -0.25) is 14.9 Å². The molecule has 0 saturated heterocycles. The van der Waals surface area contributed by atoms with Crippen LogP contribution in [0.3, 0.4) is 0 Å². The normalized spacial score (nSPS) is 12.8. The van der Waals surface area contributed by atoms with E-state index in [9.17, 15) is 14.9 Å². The van der Waals surface area contributed by atoms with E-state index in [1.54, 1.807) is 17.0 Å². The third kappa shape index (κ3) is 3.26. The molecule has 2 rings (SSSR count). The van der Waals surface area contributed by atoms with Gasteiger partial charge < -0.3 is 10.2 Å². The van der Waals surface area contributed by atoms with Crippen LogP contribution in [0.25, 0.3) is 0 Å². The lowest BCUT2D eigenvalue weighted by Crippen LogP contribution is -2.29. The van der Waals surface area contributed by atoms with E-state index in [1.807, 2.05) is 7.05 Å². The molecule has 6 nitrogen and oxygen atoms in total. The average Bonchev–Trinajstić information content (AvgIpc) is 2.82. The van der Waals surface area contributed by atoms with Crippen LogP contribution in [0.1, 0.15) is 18.4 Å². The van der Waals surface area contributed by atoms with Crippen LogP contribution in [0.5, 0.6) is 0 Å². The van der Waals surface area contributed by atoms with Crippen LogP contribution >= 0.6 is 12.4 Å². The molecule has 0 atom stereocenters. The summed E-state index contributed by atoms with van der Waals surface area (Å²) in [5.41, 5.74) is 1.49. The number of anilines is 1. The molecule has 0 fully saturated rings. The highest BCUT2D eigenvalue weighted by Gasteiger charge is 2.29. The number of nitrogens with one attached hydrogen (secondary N) is 1. The number of nitro groups is 1. The molecule has 1 aliphatic rings. The van der Waals surface area contributed by atoms with Crippen molar-refractivity contribution in [3.8, 4) is 0 Å². The Hall–Kier alpha value is -1.66. The Balaban J connectivity index is 0.00000200. The minimum atomic E-state index is -0.381. The van der Waals surface area contributed by atoms with E-state index in [1.165, 1.54) is 6.07 Å². The van der Waals surface area contributed by atoms with E-state index < -0.39 is 0 Å². The topological polar surface area (TPSA) is 75.5 Å². The molecule has 1 aliphatic heterocycles. The number of nitro benzene ring substituents is 1. The summed E-state index contributed by atoms with van der Waals surface area (Å²) in [6.07, 6.45) is 1.79. The lowest BCUT2D eigenvalue weighted by Gasteiger charge is -2.17. The van der Waals surface area contributed by atoms with E-state index in [-0.39, 0.29) is 28.9 Å². The summed E-state index contributed by atoms with van der Waals surface area (Å²) in [5, 5.41) is 13.9. The van der Waals surface area contributed by atoms with Gasteiger partial charge >= 0.3 is 0 Å². The Morgan fingerprint density at radius 3 is 2.90 bits per heavy atom. The number of carbonyl (C=O) groups excluding carboxylic acids is 1. The van der Waals surface area contributed by atoms with Crippen molar-refractivity contribution < 1.29 is 9.72 Å². The maximum atomic E-state index is 12.1. The first kappa shape index (κ1) is 16.4. The number of rotatable bonds is 5. The fourth-order valence-corrected chi connectivity index (χ4v) is 2.40. The average molecular weight is 300 g/mol. The van der Waals surface area contributed by atoms with Gasteiger partial charge in [0.05, 0.1) is 16.2 Å². The van der Waals surface area contributed by atoms with E-state index >= 15 is 0 Å². The molecule has 20 heavy (non-hydrogen) atoms. The highest BCUT2D eigenvalue weighted by atomic mass is 35.5. The molecule has 1 amide bonds. The van der Waals surface area contributed by atoms with Crippen LogP contribution in [-0.4, -0.2) is 31.0 Å². The fraction of sp³-hybridized carbons (Fsp3) is 0.462. The van der Waals surface area contributed by atoms with Crippen LogP contribution in [0, 0.1) is 10.1 Å². The third-order valence-electron chi connectivity index (χ3n) is 3.32. The summed E-state index contributed by atoms with van der Waals surface area (Å²) < 4.78 is 0. The zero-order valence-corrected chi connectivity index (χ0v) is 12.1. The quantitative estimate of drug-likeness (QED) is 0.512. The SMILES string of the molecule is CNCCCC(=O)N1CCc2c1cccc2[N+](=O)[O-].Cl. The van der Waals surface area contributed by atoms with E-state index in [2.05, 4.69) is 5.32 Å². The van der Waals surface area contributed by atoms with Gasteiger partial charge in [0.15, 0.2) is 0 Å². The van der Waals surface area contributed by atoms with Gasteiger partial charge in [0, 0.05) is 19.0 Å². The van der Waals surface area contributed by atoms with Gasteiger partial charge in [-0.1, -0.05) is 6.07 Å². The summed E-state index contributed by atoms with van der Waals surface area (Å²) in [6.45, 7) is 1.33. The van der Waals surface area contributed by atoms with Crippen LogP contribution in [0.15, 0.2) is 18.2 Å². The first-order valence-electron chi connectivity index (χ1n) is 6.36. The molecule has 0 aromatic heterocycles. The first-order valence-corrected chi connectivity index (χ1v) is 6.36. The Bertz CT molecular complexity index is 508. The van der Waals surface area contributed by atoms with Crippen LogP contribution < -0.4 is 10.2 Å². The molecule has 1 N–H and O–H groups in total. The van der Waals surface area contributed by atoms with Crippen molar-refractivity contribution in [2.24, 2.45) is 0 Å². The van der Waals surface area contributed by atoms with E-state index in [0.29, 0.717) is 30.6 Å². The van der Waals surface area contributed by atoms with Crippen molar-refractivity contribution in [2.75, 3.05) is 25.0 Å². The second-order valence-corrected chi connectivity index (χ2v) is 4.53. The van der Waals surface area contributed by atoms with Gasteiger partial charge in [-0.25, -0.2) is 0 Å². The molecule has 7 heteroatoms. The zero-order chi connectivity index (χ0) is 13.8. The summed E-state index contributed by atoms with van der Waals surface area (Å²) in [6, 6.07) is 4.91. The molecule has 0 saturated carbocycles. The number of hydrogen-bond acceptors (Lipinski definition) is 4. The summed E-state index contributed by atoms with van der Waals surface area (Å²) in [5.74, 6) is 0.0366. The molecule has 0 bridgehead atoms. The number of amides is 1. The van der Waals surface area contributed by atoms with Crippen LogP contribution in [-0.2, 0) is 11.2 Å². The standard InChI is InChI=1S/C13H17N3O3.ClH/c1-14-8-3-6-13(17)15-9-7-10-11(15)4-2-5-12(10)16(18)19;/h2,4-5,14H,3,6-9H2,1H3;1H. The smallest absolute Gasteiger partial charge is 0.274 e. The lowest BCUT2D eigenvalue weighted by atomic mass is 10.1. The number of hydrogen-bond donors (Lipinski definition) is 1. The molecule has 0 spiro atoms. The predicted octanol–water partition coefficient (Wildman–Crippen LogP) is 1.91. The number of nitrogens with zero attached hydrogens (tertiary/aromatic N) is 2. The second kappa shape index (κ2) is 7.21. The summed E-state index contributed by atoms with van der Waals surface area (Å²) in [4.78, 5) is 24.3. The van der Waals surface area contributed by atoms with Crippen molar-refractivity contribution in [3.63, 3.8) is 0 Å². The number of benzene rings is 1. The second-order valence-electron chi connectivity index (χ2n) is 4.53. The third-order valence-corrected chi connectivity index (χ3v) is 3.32. The molecule has 0 radical (unpaired) electrons. The maximum absolute atomic E-state index is 12.1. The monoisotopic (exact) mass is 299 g/mol. The van der Waals surface area contributed by atoms with Crippen molar-refractivity contribution >= 4 is 29.7 Å². The highest BCUT2D eigenvalue weighted by molar-refractivity contribution is 5.96. The van der Waals surface area contributed by atoms with E-state index in [0.717, 1.165) is 13.0 Å². The molecular weight excluding hydrogens is 282 g/mol. The van der Waals surface area contributed by atoms with Crippen molar-refractivity contribution in [3.05, 3.63) is 33.9 Å². The van der Waals surface area contributed by atoms with Gasteiger partial charge in [0.1, 0.15) is 0 Å². The molecule has 110 valence electrons. The minimum Gasteiger partial charge on any atom is -0.320 e. The van der Waals surface area contributed by atoms with Gasteiger partial charge in [0.2, 0.25) is 5.91 Å². The highest BCUT2D eigenvalue weighted by Crippen LogP contribution is 2.35. The number of fused-ring (bicyclic) bond motifs is 1. The molecular formula is C13H18ClN3O3. The Labute approximate surface area is 123 Å². The van der Waals surface area contributed by atoms with Crippen LogP contribution in [0.4, 0.5) is 11.4 Å². The van der Waals surface area contributed by atoms with Gasteiger partial charge in [0.25, 0.3) is 5.69 Å². The van der Waals surface area contributed by atoms with Gasteiger partial charge in [-0.2, -0.15) is 0 Å². The van der Waals surface area contributed by atoms with Crippen LogP contribution in [0.2, 0.25) is 0 Å². The minimum absolute atomic E-state index is 0. The molecule has 1 aromatic rings. The molecule has 1 aromatic carbocycles.